The van der Waals surface area contributed by atoms with Crippen molar-refractivity contribution >= 4 is 11.3 Å². The first-order valence-corrected chi connectivity index (χ1v) is 8.78. The summed E-state index contributed by atoms with van der Waals surface area (Å²) in [6.07, 6.45) is 7.17. The third kappa shape index (κ3) is 3.78. The molecular formula is C18H16N6S. The van der Waals surface area contributed by atoms with E-state index in [0.717, 1.165) is 22.9 Å². The van der Waals surface area contributed by atoms with E-state index in [9.17, 15) is 0 Å². The van der Waals surface area contributed by atoms with Crippen LogP contribution < -0.4 is 5.32 Å². The minimum absolute atomic E-state index is 0.674. The molecule has 1 aromatic carbocycles. The number of thiazole rings is 1. The number of rotatable bonds is 6. The van der Waals surface area contributed by atoms with Crippen molar-refractivity contribution < 1.29 is 0 Å². The fourth-order valence-electron chi connectivity index (χ4n) is 2.42. The highest BCUT2D eigenvalue weighted by Gasteiger charge is 2.06. The summed E-state index contributed by atoms with van der Waals surface area (Å²) in [7, 11) is 0. The summed E-state index contributed by atoms with van der Waals surface area (Å²) in [6, 6.07) is 12.1. The fourth-order valence-corrected chi connectivity index (χ4v) is 3.19. The number of nitrogens with zero attached hydrogens (tertiary/aromatic N) is 5. The van der Waals surface area contributed by atoms with Gasteiger partial charge < -0.3 is 5.32 Å². The van der Waals surface area contributed by atoms with Crippen molar-refractivity contribution in [2.45, 2.75) is 13.1 Å². The molecule has 0 aliphatic heterocycles. The monoisotopic (exact) mass is 348 g/mol. The van der Waals surface area contributed by atoms with E-state index in [1.165, 1.54) is 5.56 Å². The van der Waals surface area contributed by atoms with Crippen LogP contribution in [0, 0.1) is 0 Å². The summed E-state index contributed by atoms with van der Waals surface area (Å²) in [5.41, 5.74) is 3.28. The van der Waals surface area contributed by atoms with Gasteiger partial charge in [0.25, 0.3) is 0 Å². The lowest BCUT2D eigenvalue weighted by molar-refractivity contribution is 0.682. The highest BCUT2D eigenvalue weighted by atomic mass is 32.1. The molecular weight excluding hydrogens is 332 g/mol. The van der Waals surface area contributed by atoms with E-state index in [4.69, 9.17) is 0 Å². The topological polar surface area (TPSA) is 68.5 Å². The number of benzene rings is 1. The van der Waals surface area contributed by atoms with E-state index < -0.39 is 0 Å². The predicted octanol–water partition coefficient (Wildman–Crippen LogP) is 3.08. The van der Waals surface area contributed by atoms with Crippen LogP contribution in [0.15, 0.2) is 66.6 Å². The molecule has 0 bridgehead atoms. The summed E-state index contributed by atoms with van der Waals surface area (Å²) in [4.78, 5) is 13.0. The molecule has 4 rings (SSSR count). The van der Waals surface area contributed by atoms with Gasteiger partial charge in [-0.3, -0.25) is 0 Å². The van der Waals surface area contributed by atoms with Crippen molar-refractivity contribution in [2.24, 2.45) is 0 Å². The molecule has 3 heterocycles. The molecule has 0 radical (unpaired) electrons. The molecule has 0 aliphatic carbocycles. The molecule has 124 valence electrons. The lowest BCUT2D eigenvalue weighted by Crippen LogP contribution is -2.13. The van der Waals surface area contributed by atoms with Gasteiger partial charge in [0, 0.05) is 43.3 Å². The second-order valence-electron chi connectivity index (χ2n) is 5.44. The average molecular weight is 348 g/mol. The van der Waals surface area contributed by atoms with Crippen LogP contribution in [0.4, 0.5) is 0 Å². The van der Waals surface area contributed by atoms with Gasteiger partial charge in [0.05, 0.1) is 11.4 Å². The Labute approximate surface area is 149 Å². The third-order valence-electron chi connectivity index (χ3n) is 3.65. The van der Waals surface area contributed by atoms with Crippen LogP contribution >= 0.6 is 11.3 Å². The standard InChI is InChI=1S/C18H16N6S/c1-7-20-17(21-8-1)18-23-15(13-25-18)12-19-11-14-3-5-16(6-4-14)24-10-2-9-22-24/h1-10,13,19H,11-12H2. The maximum absolute atomic E-state index is 4.58. The molecule has 3 aromatic heterocycles. The first kappa shape index (κ1) is 15.6. The van der Waals surface area contributed by atoms with Gasteiger partial charge >= 0.3 is 0 Å². The molecule has 1 N–H and O–H groups in total. The quantitative estimate of drug-likeness (QED) is 0.580. The van der Waals surface area contributed by atoms with Gasteiger partial charge in [0.2, 0.25) is 0 Å². The van der Waals surface area contributed by atoms with E-state index in [0.29, 0.717) is 12.4 Å². The van der Waals surface area contributed by atoms with Gasteiger partial charge in [-0.1, -0.05) is 12.1 Å². The second kappa shape index (κ2) is 7.33. The van der Waals surface area contributed by atoms with E-state index in [1.54, 1.807) is 36.0 Å². The zero-order valence-electron chi connectivity index (χ0n) is 13.4. The maximum atomic E-state index is 4.58. The van der Waals surface area contributed by atoms with Crippen molar-refractivity contribution in [3.63, 3.8) is 0 Å². The Balaban J connectivity index is 1.33. The van der Waals surface area contributed by atoms with E-state index >= 15 is 0 Å². The average Bonchev–Trinajstić information content (AvgIpc) is 3.35. The van der Waals surface area contributed by atoms with Crippen molar-refractivity contribution in [2.75, 3.05) is 0 Å². The molecule has 7 heteroatoms. The van der Waals surface area contributed by atoms with Gasteiger partial charge in [-0.25, -0.2) is 19.6 Å². The number of aromatic nitrogens is 5. The Morgan fingerprint density at radius 1 is 0.960 bits per heavy atom. The molecule has 0 atom stereocenters. The predicted molar refractivity (Wildman–Crippen MR) is 97.2 cm³/mol. The van der Waals surface area contributed by atoms with Gasteiger partial charge in [-0.2, -0.15) is 5.10 Å². The maximum Gasteiger partial charge on any atom is 0.188 e. The van der Waals surface area contributed by atoms with Crippen LogP contribution in [0.2, 0.25) is 0 Å². The summed E-state index contributed by atoms with van der Waals surface area (Å²) in [5, 5.41) is 10.5. The molecule has 0 saturated carbocycles. The van der Waals surface area contributed by atoms with Gasteiger partial charge in [0.15, 0.2) is 10.8 Å². The van der Waals surface area contributed by atoms with E-state index in [1.807, 2.05) is 22.3 Å². The first-order valence-electron chi connectivity index (χ1n) is 7.90. The lowest BCUT2D eigenvalue weighted by Gasteiger charge is -2.05. The van der Waals surface area contributed by atoms with Crippen LogP contribution in [-0.4, -0.2) is 24.7 Å². The third-order valence-corrected chi connectivity index (χ3v) is 4.54. The van der Waals surface area contributed by atoms with E-state index in [2.05, 4.69) is 49.6 Å². The minimum Gasteiger partial charge on any atom is -0.307 e. The normalized spacial score (nSPS) is 10.9. The molecule has 0 amide bonds. The molecule has 0 spiro atoms. The Hall–Kier alpha value is -2.90. The first-order chi connectivity index (χ1) is 12.4. The molecule has 0 fully saturated rings. The molecule has 0 saturated heterocycles. The van der Waals surface area contributed by atoms with Crippen LogP contribution in [-0.2, 0) is 13.1 Å². The zero-order valence-corrected chi connectivity index (χ0v) is 14.2. The molecule has 25 heavy (non-hydrogen) atoms. The fraction of sp³-hybridized carbons (Fsp3) is 0.111. The van der Waals surface area contributed by atoms with Crippen molar-refractivity contribution in [3.05, 3.63) is 77.8 Å². The molecule has 6 nitrogen and oxygen atoms in total. The summed E-state index contributed by atoms with van der Waals surface area (Å²) < 4.78 is 1.85. The summed E-state index contributed by atoms with van der Waals surface area (Å²) >= 11 is 1.56. The van der Waals surface area contributed by atoms with Crippen molar-refractivity contribution in [3.8, 4) is 16.5 Å². The minimum atomic E-state index is 0.674. The Bertz CT molecular complexity index is 916. The number of nitrogens with one attached hydrogen (secondary N) is 1. The highest BCUT2D eigenvalue weighted by molar-refractivity contribution is 7.13. The van der Waals surface area contributed by atoms with Gasteiger partial charge in [-0.15, -0.1) is 11.3 Å². The van der Waals surface area contributed by atoms with Crippen LogP contribution in [0.25, 0.3) is 16.5 Å². The van der Waals surface area contributed by atoms with Crippen LogP contribution in [0.5, 0.6) is 0 Å². The Morgan fingerprint density at radius 2 is 1.80 bits per heavy atom. The second-order valence-corrected chi connectivity index (χ2v) is 6.30. The number of hydrogen-bond donors (Lipinski definition) is 1. The summed E-state index contributed by atoms with van der Waals surface area (Å²) in [6.45, 7) is 1.50. The Kier molecular flexibility index (Phi) is 4.58. The smallest absolute Gasteiger partial charge is 0.188 e. The molecule has 4 aromatic rings. The van der Waals surface area contributed by atoms with Crippen LogP contribution in [0.1, 0.15) is 11.3 Å². The molecule has 0 aliphatic rings. The van der Waals surface area contributed by atoms with Gasteiger partial charge in [-0.05, 0) is 29.8 Å². The highest BCUT2D eigenvalue weighted by Crippen LogP contribution is 2.19. The number of hydrogen-bond acceptors (Lipinski definition) is 6. The van der Waals surface area contributed by atoms with E-state index in [-0.39, 0.29) is 0 Å². The largest absolute Gasteiger partial charge is 0.307 e. The van der Waals surface area contributed by atoms with Crippen molar-refractivity contribution in [1.82, 2.24) is 30.0 Å². The zero-order chi connectivity index (χ0) is 16.9. The van der Waals surface area contributed by atoms with Crippen LogP contribution in [0.3, 0.4) is 0 Å². The van der Waals surface area contributed by atoms with Gasteiger partial charge in [0.1, 0.15) is 0 Å². The SMILES string of the molecule is c1cnc(-c2nc(CNCc3ccc(-n4cccn4)cc3)cs2)nc1. The lowest BCUT2D eigenvalue weighted by atomic mass is 10.2. The summed E-state index contributed by atoms with van der Waals surface area (Å²) in [5.74, 6) is 0.674. The molecule has 0 unspecified atom stereocenters. The van der Waals surface area contributed by atoms with Crippen molar-refractivity contribution in [1.29, 1.82) is 0 Å². The Morgan fingerprint density at radius 3 is 2.56 bits per heavy atom.